The van der Waals surface area contributed by atoms with Crippen LogP contribution in [0.1, 0.15) is 44.6 Å². The Bertz CT molecular complexity index is 1000. The number of rotatable bonds is 5. The molecule has 1 aliphatic carbocycles. The summed E-state index contributed by atoms with van der Waals surface area (Å²) in [5, 5.41) is 2.70. The maximum absolute atomic E-state index is 13.4. The molecule has 0 unspecified atom stereocenters. The van der Waals surface area contributed by atoms with Crippen molar-refractivity contribution in [3.63, 3.8) is 0 Å². The summed E-state index contributed by atoms with van der Waals surface area (Å²) in [5.74, 6) is -0.837. The topological polar surface area (TPSA) is 55.1 Å². The summed E-state index contributed by atoms with van der Waals surface area (Å²) in [6.07, 6.45) is 8.53. The quantitative estimate of drug-likeness (QED) is 0.741. The Morgan fingerprint density at radius 1 is 1.07 bits per heavy atom. The van der Waals surface area contributed by atoms with E-state index in [2.05, 4.69) is 31.0 Å². The highest BCUT2D eigenvalue weighted by Crippen LogP contribution is 2.29. The first-order chi connectivity index (χ1) is 13.4. The molecule has 1 aliphatic rings. The lowest BCUT2D eigenvalue weighted by Crippen LogP contribution is -2.22. The fraction of sp³-hybridized carbons (Fsp3) is 0.208. The number of hydrogen-bond acceptors (Lipinski definition) is 2. The van der Waals surface area contributed by atoms with Crippen molar-refractivity contribution in [2.75, 3.05) is 0 Å². The van der Waals surface area contributed by atoms with Crippen LogP contribution >= 0.6 is 0 Å². The van der Waals surface area contributed by atoms with Crippen LogP contribution in [-0.2, 0) is 12.8 Å². The number of nitrogens with one attached hydrogen (secondary N) is 1. The van der Waals surface area contributed by atoms with E-state index in [4.69, 9.17) is 5.73 Å². The molecule has 4 heteroatoms. The molecule has 0 heterocycles. The third kappa shape index (κ3) is 4.22. The number of amides is 1. The van der Waals surface area contributed by atoms with E-state index in [-0.39, 0.29) is 0 Å². The maximum Gasteiger partial charge on any atom is 0.256 e. The minimum Gasteiger partial charge on any atom is -0.404 e. The molecule has 3 N–H and O–H groups in total. The van der Waals surface area contributed by atoms with Crippen LogP contribution in [0.3, 0.4) is 0 Å². The van der Waals surface area contributed by atoms with Gasteiger partial charge in [0.2, 0.25) is 0 Å². The van der Waals surface area contributed by atoms with Crippen LogP contribution in [0.5, 0.6) is 0 Å². The van der Waals surface area contributed by atoms with Crippen LogP contribution in [-0.4, -0.2) is 5.91 Å². The second-order valence-corrected chi connectivity index (χ2v) is 7.18. The zero-order valence-corrected chi connectivity index (χ0v) is 16.3. The minimum atomic E-state index is -0.447. The summed E-state index contributed by atoms with van der Waals surface area (Å²) in [6, 6.07) is 8.57. The van der Waals surface area contributed by atoms with E-state index >= 15 is 0 Å². The molecular weight excluding hydrogens is 351 g/mol. The Balaban J connectivity index is 1.74. The monoisotopic (exact) mass is 376 g/mol. The molecule has 2 aromatic carbocycles. The summed E-state index contributed by atoms with van der Waals surface area (Å²) < 4.78 is 13.4. The van der Waals surface area contributed by atoms with Crippen molar-refractivity contribution in [3.05, 3.63) is 100 Å². The van der Waals surface area contributed by atoms with Crippen molar-refractivity contribution in [3.8, 4) is 0 Å². The number of carbonyl (C=O) groups is 1. The van der Waals surface area contributed by atoms with Crippen molar-refractivity contribution < 1.29 is 9.18 Å². The van der Waals surface area contributed by atoms with E-state index in [1.54, 1.807) is 25.3 Å². The first-order valence-corrected chi connectivity index (χ1v) is 9.38. The van der Waals surface area contributed by atoms with Gasteiger partial charge in [-0.25, -0.2) is 4.39 Å². The van der Waals surface area contributed by atoms with Crippen molar-refractivity contribution >= 4 is 11.5 Å². The van der Waals surface area contributed by atoms with Crippen molar-refractivity contribution in [1.29, 1.82) is 0 Å². The lowest BCUT2D eigenvalue weighted by molar-refractivity contribution is 0.0966. The molecule has 0 spiro atoms. The number of nitrogens with two attached hydrogens (primary N) is 1. The van der Waals surface area contributed by atoms with E-state index in [0.717, 1.165) is 24.0 Å². The molecule has 0 aromatic heterocycles. The molecule has 0 aliphatic heterocycles. The van der Waals surface area contributed by atoms with Crippen LogP contribution in [0.15, 0.2) is 61.0 Å². The van der Waals surface area contributed by atoms with E-state index in [1.807, 2.05) is 6.08 Å². The molecular formula is C24H25FN2O. The maximum atomic E-state index is 13.4. The first kappa shape index (κ1) is 19.6. The van der Waals surface area contributed by atoms with Crippen molar-refractivity contribution in [1.82, 2.24) is 5.32 Å². The summed E-state index contributed by atoms with van der Waals surface area (Å²) in [6.45, 7) is 7.71. The van der Waals surface area contributed by atoms with Gasteiger partial charge in [0, 0.05) is 17.5 Å². The van der Waals surface area contributed by atoms with Gasteiger partial charge >= 0.3 is 0 Å². The zero-order valence-electron chi connectivity index (χ0n) is 16.3. The zero-order chi connectivity index (χ0) is 20.3. The largest absolute Gasteiger partial charge is 0.404 e. The molecule has 0 radical (unpaired) electrons. The average Bonchev–Trinajstić information content (AvgIpc) is 3.11. The molecule has 0 saturated heterocycles. The highest BCUT2D eigenvalue weighted by Gasteiger charge is 2.14. The van der Waals surface area contributed by atoms with Gasteiger partial charge in [-0.2, -0.15) is 0 Å². The lowest BCUT2D eigenvalue weighted by atomic mass is 9.95. The highest BCUT2D eigenvalue weighted by atomic mass is 19.1. The van der Waals surface area contributed by atoms with E-state index in [9.17, 15) is 9.18 Å². The number of benzene rings is 2. The highest BCUT2D eigenvalue weighted by molar-refractivity contribution is 5.97. The molecule has 144 valence electrons. The third-order valence-corrected chi connectivity index (χ3v) is 5.11. The van der Waals surface area contributed by atoms with Gasteiger partial charge in [-0.1, -0.05) is 30.9 Å². The molecule has 0 saturated carbocycles. The number of fused-ring (bicyclic) bond motifs is 1. The molecule has 0 atom stereocenters. The Morgan fingerprint density at radius 2 is 1.79 bits per heavy atom. The normalized spacial score (nSPS) is 13.6. The Morgan fingerprint density at radius 3 is 2.50 bits per heavy atom. The van der Waals surface area contributed by atoms with Gasteiger partial charge in [0.25, 0.3) is 5.91 Å². The second kappa shape index (κ2) is 8.26. The van der Waals surface area contributed by atoms with Crippen molar-refractivity contribution in [2.45, 2.75) is 33.1 Å². The Labute approximate surface area is 165 Å². The molecule has 3 nitrogen and oxygen atoms in total. The molecule has 0 bridgehead atoms. The smallest absolute Gasteiger partial charge is 0.256 e. The third-order valence-electron chi connectivity index (χ3n) is 5.11. The lowest BCUT2D eigenvalue weighted by Gasteiger charge is -2.11. The Kier molecular flexibility index (Phi) is 5.78. The van der Waals surface area contributed by atoms with Crippen LogP contribution in [0.25, 0.3) is 5.57 Å². The number of allylic oxidation sites excluding steroid dienone is 3. The predicted octanol–water partition coefficient (Wildman–Crippen LogP) is 4.73. The summed E-state index contributed by atoms with van der Waals surface area (Å²) >= 11 is 0. The second-order valence-electron chi connectivity index (χ2n) is 7.18. The minimum absolute atomic E-state index is 0.290. The number of hydrogen-bond donors (Lipinski definition) is 2. The SMILES string of the molecule is C=C(/C=C\C(=C/N)c1cc2c(cc1C)CCC2)NC(=O)c1cc(F)ccc1C. The van der Waals surface area contributed by atoms with Gasteiger partial charge in [0.05, 0.1) is 0 Å². The van der Waals surface area contributed by atoms with E-state index < -0.39 is 11.7 Å². The van der Waals surface area contributed by atoms with Gasteiger partial charge < -0.3 is 11.1 Å². The molecule has 3 rings (SSSR count). The summed E-state index contributed by atoms with van der Waals surface area (Å²) in [7, 11) is 0. The molecule has 28 heavy (non-hydrogen) atoms. The number of halogens is 1. The summed E-state index contributed by atoms with van der Waals surface area (Å²) in [5.41, 5.74) is 13.2. The van der Waals surface area contributed by atoms with Crippen LogP contribution < -0.4 is 11.1 Å². The molecule has 0 fully saturated rings. The summed E-state index contributed by atoms with van der Waals surface area (Å²) in [4.78, 5) is 12.4. The van der Waals surface area contributed by atoms with Gasteiger partial charge in [-0.05, 0) is 84.7 Å². The van der Waals surface area contributed by atoms with Gasteiger partial charge in [-0.15, -0.1) is 0 Å². The van der Waals surface area contributed by atoms with Crippen LogP contribution in [0.2, 0.25) is 0 Å². The Hall–Kier alpha value is -3.14. The van der Waals surface area contributed by atoms with Crippen LogP contribution in [0, 0.1) is 19.7 Å². The van der Waals surface area contributed by atoms with Crippen molar-refractivity contribution in [2.24, 2.45) is 5.73 Å². The average molecular weight is 376 g/mol. The standard InChI is InChI=1S/C24H25FN2O/c1-15-7-10-21(25)13-23(15)24(28)27-17(3)8-9-20(14-26)22-12-19-6-4-5-18(19)11-16(22)2/h7-14H,3-6,26H2,1-2H3,(H,27,28)/b9-8-,20-14+. The van der Waals surface area contributed by atoms with E-state index in [1.165, 1.54) is 35.2 Å². The fourth-order valence-electron chi connectivity index (χ4n) is 3.58. The number of aryl methyl sites for hydroxylation is 4. The number of carbonyl (C=O) groups excluding carboxylic acids is 1. The molecule has 1 amide bonds. The van der Waals surface area contributed by atoms with E-state index in [0.29, 0.717) is 16.8 Å². The molecule has 2 aromatic rings. The van der Waals surface area contributed by atoms with Gasteiger partial charge in [-0.3, -0.25) is 4.79 Å². The van der Waals surface area contributed by atoms with Gasteiger partial charge in [0.15, 0.2) is 0 Å². The predicted molar refractivity (Wildman–Crippen MR) is 112 cm³/mol. The fourth-order valence-corrected chi connectivity index (χ4v) is 3.58. The van der Waals surface area contributed by atoms with Gasteiger partial charge in [0.1, 0.15) is 5.82 Å². The van der Waals surface area contributed by atoms with Crippen LogP contribution in [0.4, 0.5) is 4.39 Å². The first-order valence-electron chi connectivity index (χ1n) is 9.38.